The lowest BCUT2D eigenvalue weighted by molar-refractivity contribution is 0.0800. The molecule has 1 heterocycles. The molecule has 1 atom stereocenters. The molecule has 17 heavy (non-hydrogen) atoms. The van der Waals surface area contributed by atoms with Crippen LogP contribution in [-0.4, -0.2) is 36.6 Å². The van der Waals surface area contributed by atoms with E-state index in [0.29, 0.717) is 0 Å². The summed E-state index contributed by atoms with van der Waals surface area (Å²) in [7, 11) is 0. The average molecular weight is 233 g/mol. The molecule has 1 unspecified atom stereocenters. The minimum absolute atomic E-state index is 0.00343. The third-order valence-corrected chi connectivity index (χ3v) is 3.85. The predicted molar refractivity (Wildman–Crippen MR) is 71.9 cm³/mol. The molecule has 2 rings (SSSR count). The van der Waals surface area contributed by atoms with Crippen molar-refractivity contribution in [1.29, 1.82) is 0 Å². The second-order valence-electron chi connectivity index (χ2n) is 5.28. The van der Waals surface area contributed by atoms with Gasteiger partial charge in [-0.05, 0) is 19.4 Å². The molecule has 0 saturated carbocycles. The Morgan fingerprint density at radius 3 is 2.35 bits per heavy atom. The van der Waals surface area contributed by atoms with Gasteiger partial charge in [0.05, 0.1) is 0 Å². The van der Waals surface area contributed by atoms with Crippen LogP contribution in [0.2, 0.25) is 0 Å². The Bertz CT molecular complexity index is 342. The Balaban J connectivity index is 2.13. The zero-order valence-electron chi connectivity index (χ0n) is 10.8. The van der Waals surface area contributed by atoms with E-state index >= 15 is 0 Å². The maximum Gasteiger partial charge on any atom is 0.0476 e. The Morgan fingerprint density at radius 1 is 1.18 bits per heavy atom. The molecule has 0 aromatic heterocycles. The van der Waals surface area contributed by atoms with Gasteiger partial charge in [0.25, 0.3) is 0 Å². The summed E-state index contributed by atoms with van der Waals surface area (Å²) in [5.41, 5.74) is 7.66. The molecule has 1 aromatic rings. The van der Waals surface area contributed by atoms with E-state index in [1.807, 2.05) is 6.07 Å². The lowest BCUT2D eigenvalue weighted by Crippen LogP contribution is -2.57. The van der Waals surface area contributed by atoms with E-state index in [0.717, 1.165) is 26.2 Å². The Hall–Kier alpha value is -0.900. The number of benzene rings is 1. The van der Waals surface area contributed by atoms with E-state index in [1.54, 1.807) is 0 Å². The van der Waals surface area contributed by atoms with Crippen molar-refractivity contribution in [2.24, 2.45) is 5.73 Å². The zero-order valence-corrected chi connectivity index (χ0v) is 10.8. The number of rotatable bonds is 3. The van der Waals surface area contributed by atoms with Gasteiger partial charge in [-0.2, -0.15) is 0 Å². The normalized spacial score (nSPS) is 20.2. The second-order valence-corrected chi connectivity index (χ2v) is 5.28. The maximum absolute atomic E-state index is 6.44. The number of nitrogens with two attached hydrogens (primary N) is 1. The Kier molecular flexibility index (Phi) is 3.82. The van der Waals surface area contributed by atoms with E-state index in [2.05, 4.69) is 48.3 Å². The quantitative estimate of drug-likeness (QED) is 0.828. The molecule has 0 amide bonds. The summed E-state index contributed by atoms with van der Waals surface area (Å²) in [4.78, 5) is 2.49. The molecule has 3 heteroatoms. The van der Waals surface area contributed by atoms with Gasteiger partial charge in [0, 0.05) is 37.8 Å². The summed E-state index contributed by atoms with van der Waals surface area (Å²) in [6.07, 6.45) is 0. The number of nitrogens with zero attached hydrogens (tertiary/aromatic N) is 1. The summed E-state index contributed by atoms with van der Waals surface area (Å²) in [6, 6.07) is 10.4. The lowest BCUT2D eigenvalue weighted by atomic mass is 9.87. The monoisotopic (exact) mass is 233 g/mol. The highest BCUT2D eigenvalue weighted by Gasteiger charge is 2.34. The van der Waals surface area contributed by atoms with Crippen LogP contribution in [0.15, 0.2) is 30.3 Å². The molecule has 3 N–H and O–H groups in total. The van der Waals surface area contributed by atoms with Gasteiger partial charge >= 0.3 is 0 Å². The van der Waals surface area contributed by atoms with Gasteiger partial charge in [-0.25, -0.2) is 0 Å². The number of piperazine rings is 1. The minimum atomic E-state index is 0.00343. The Labute approximate surface area is 104 Å². The smallest absolute Gasteiger partial charge is 0.0476 e. The van der Waals surface area contributed by atoms with Crippen LogP contribution in [0.1, 0.15) is 25.5 Å². The van der Waals surface area contributed by atoms with Crippen molar-refractivity contribution in [3.63, 3.8) is 0 Å². The fraction of sp³-hybridized carbons (Fsp3) is 0.571. The van der Waals surface area contributed by atoms with Gasteiger partial charge in [-0.1, -0.05) is 30.3 Å². The van der Waals surface area contributed by atoms with Gasteiger partial charge in [0.1, 0.15) is 0 Å². The molecule has 1 aliphatic rings. The molecular formula is C14H23N3. The van der Waals surface area contributed by atoms with Gasteiger partial charge in [-0.3, -0.25) is 4.90 Å². The first-order valence-electron chi connectivity index (χ1n) is 6.38. The third-order valence-electron chi connectivity index (χ3n) is 3.85. The van der Waals surface area contributed by atoms with Crippen molar-refractivity contribution >= 4 is 0 Å². The van der Waals surface area contributed by atoms with Gasteiger partial charge in [0.2, 0.25) is 0 Å². The van der Waals surface area contributed by atoms with E-state index < -0.39 is 0 Å². The van der Waals surface area contributed by atoms with Crippen molar-refractivity contribution in [2.75, 3.05) is 26.2 Å². The van der Waals surface area contributed by atoms with Crippen molar-refractivity contribution in [3.05, 3.63) is 35.9 Å². The van der Waals surface area contributed by atoms with Crippen molar-refractivity contribution in [3.8, 4) is 0 Å². The molecule has 0 spiro atoms. The van der Waals surface area contributed by atoms with Crippen LogP contribution in [0, 0.1) is 0 Å². The largest absolute Gasteiger partial charge is 0.322 e. The molecule has 94 valence electrons. The van der Waals surface area contributed by atoms with E-state index in [-0.39, 0.29) is 11.6 Å². The molecule has 0 radical (unpaired) electrons. The molecule has 3 nitrogen and oxygen atoms in total. The zero-order chi connectivity index (χ0) is 12.3. The first-order valence-corrected chi connectivity index (χ1v) is 6.38. The molecule has 1 fully saturated rings. The predicted octanol–water partition coefficient (Wildman–Crippen LogP) is 1.37. The molecule has 0 aliphatic carbocycles. The number of nitrogens with one attached hydrogen (secondary N) is 1. The SMILES string of the molecule is CC(C)(C(N)c1ccccc1)N1CCNCC1. The van der Waals surface area contributed by atoms with Gasteiger partial charge < -0.3 is 11.1 Å². The first-order chi connectivity index (χ1) is 8.12. The first kappa shape index (κ1) is 12.6. The van der Waals surface area contributed by atoms with Crippen LogP contribution >= 0.6 is 0 Å². The summed E-state index contributed by atoms with van der Waals surface area (Å²) in [5.74, 6) is 0. The van der Waals surface area contributed by atoms with Crippen LogP contribution < -0.4 is 11.1 Å². The lowest BCUT2D eigenvalue weighted by Gasteiger charge is -2.45. The highest BCUT2D eigenvalue weighted by Crippen LogP contribution is 2.29. The van der Waals surface area contributed by atoms with Crippen molar-refractivity contribution < 1.29 is 0 Å². The minimum Gasteiger partial charge on any atom is -0.322 e. The maximum atomic E-state index is 6.44. The molecule has 1 saturated heterocycles. The van der Waals surface area contributed by atoms with E-state index in [4.69, 9.17) is 5.73 Å². The van der Waals surface area contributed by atoms with E-state index in [1.165, 1.54) is 5.56 Å². The Morgan fingerprint density at radius 2 is 1.76 bits per heavy atom. The molecule has 1 aromatic carbocycles. The summed E-state index contributed by atoms with van der Waals surface area (Å²) >= 11 is 0. The van der Waals surface area contributed by atoms with Crippen LogP contribution in [0.4, 0.5) is 0 Å². The van der Waals surface area contributed by atoms with Gasteiger partial charge in [-0.15, -0.1) is 0 Å². The third kappa shape index (κ3) is 2.68. The number of hydrogen-bond acceptors (Lipinski definition) is 3. The van der Waals surface area contributed by atoms with E-state index in [9.17, 15) is 0 Å². The van der Waals surface area contributed by atoms with Gasteiger partial charge in [0.15, 0.2) is 0 Å². The topological polar surface area (TPSA) is 41.3 Å². The second kappa shape index (κ2) is 5.17. The summed E-state index contributed by atoms with van der Waals surface area (Å²) in [5, 5.41) is 3.38. The molecule has 0 bridgehead atoms. The fourth-order valence-electron chi connectivity index (χ4n) is 2.51. The molecule has 1 aliphatic heterocycles. The summed E-state index contributed by atoms with van der Waals surface area (Å²) < 4.78 is 0. The highest BCUT2D eigenvalue weighted by molar-refractivity contribution is 5.22. The van der Waals surface area contributed by atoms with Crippen LogP contribution in [0.5, 0.6) is 0 Å². The highest BCUT2D eigenvalue weighted by atomic mass is 15.2. The van der Waals surface area contributed by atoms with Crippen molar-refractivity contribution in [1.82, 2.24) is 10.2 Å². The standard InChI is InChI=1S/C14H23N3/c1-14(2,17-10-8-16-9-11-17)13(15)12-6-4-3-5-7-12/h3-7,13,16H,8-11,15H2,1-2H3. The number of hydrogen-bond donors (Lipinski definition) is 2. The van der Waals surface area contributed by atoms with Crippen LogP contribution in [-0.2, 0) is 0 Å². The van der Waals surface area contributed by atoms with Crippen molar-refractivity contribution in [2.45, 2.75) is 25.4 Å². The summed E-state index contributed by atoms with van der Waals surface area (Å²) in [6.45, 7) is 8.77. The fourth-order valence-corrected chi connectivity index (χ4v) is 2.51. The van der Waals surface area contributed by atoms with Crippen LogP contribution in [0.25, 0.3) is 0 Å². The molecular weight excluding hydrogens is 210 g/mol. The average Bonchev–Trinajstić information content (AvgIpc) is 2.40. The van der Waals surface area contributed by atoms with Crippen LogP contribution in [0.3, 0.4) is 0 Å².